The number of hydrogen-bond donors (Lipinski definition) is 0. The van der Waals surface area contributed by atoms with Crippen molar-refractivity contribution in [1.29, 1.82) is 0 Å². The number of ether oxygens (including phenoxy) is 1. The summed E-state index contributed by atoms with van der Waals surface area (Å²) in [5.41, 5.74) is 4.20. The number of pyridine rings is 1. The minimum absolute atomic E-state index is 0. The molecule has 0 atom stereocenters. The number of halogens is 1. The molecule has 0 radical (unpaired) electrons. The van der Waals surface area contributed by atoms with Gasteiger partial charge in [-0.3, -0.25) is 0 Å². The van der Waals surface area contributed by atoms with Crippen LogP contribution in [0.4, 0.5) is 0 Å². The van der Waals surface area contributed by atoms with Crippen LogP contribution in [-0.4, -0.2) is 6.61 Å². The average Bonchev–Trinajstić information content (AvgIpc) is 2.69. The Labute approximate surface area is 185 Å². The van der Waals surface area contributed by atoms with Crippen molar-refractivity contribution < 1.29 is 21.7 Å². The fourth-order valence-corrected chi connectivity index (χ4v) is 3.64. The first-order valence-corrected chi connectivity index (χ1v) is 11.4. The van der Waals surface area contributed by atoms with E-state index in [-0.39, 0.29) is 12.4 Å². The maximum Gasteiger partial charge on any atom is 0.171 e. The van der Waals surface area contributed by atoms with Crippen LogP contribution in [0.5, 0.6) is 5.75 Å². The first-order valence-electron chi connectivity index (χ1n) is 11.4. The van der Waals surface area contributed by atoms with Crippen LogP contribution in [0.25, 0.3) is 0 Å². The Hall–Kier alpha value is -1.54. The smallest absolute Gasteiger partial charge is 0.171 e. The number of rotatable bonds is 14. The molecule has 2 nitrogen and oxygen atoms in total. The van der Waals surface area contributed by atoms with E-state index < -0.39 is 0 Å². The van der Waals surface area contributed by atoms with Gasteiger partial charge in [-0.2, -0.15) is 0 Å². The van der Waals surface area contributed by atoms with Gasteiger partial charge in [0.25, 0.3) is 0 Å². The topological polar surface area (TPSA) is 13.1 Å². The molecule has 0 aliphatic rings. The molecule has 2 aromatic rings. The Bertz CT molecular complexity index is 686. The van der Waals surface area contributed by atoms with Crippen molar-refractivity contribution in [1.82, 2.24) is 0 Å². The minimum Gasteiger partial charge on any atom is -1.00 e. The summed E-state index contributed by atoms with van der Waals surface area (Å²) in [6.07, 6.45) is 16.7. The zero-order valence-corrected chi connectivity index (χ0v) is 19.5. The molecular formula is C26H40ClNO. The van der Waals surface area contributed by atoms with Gasteiger partial charge in [-0.1, -0.05) is 51.7 Å². The Morgan fingerprint density at radius 2 is 1.62 bits per heavy atom. The maximum atomic E-state index is 6.20. The van der Waals surface area contributed by atoms with E-state index in [0.29, 0.717) is 0 Å². The van der Waals surface area contributed by atoms with Crippen molar-refractivity contribution in [2.75, 3.05) is 6.61 Å². The van der Waals surface area contributed by atoms with Gasteiger partial charge in [0.05, 0.1) is 6.61 Å². The standard InChI is InChI=1S/C26H40NO.ClH/c1-4-6-8-14-24-16-17-26(25(21-24)15-9-7-5-2)28-20-11-10-18-27-19-12-13-23(3)22-27;/h12-13,16-17,19,21-22H,4-11,14-15,18,20H2,1-3H3;1H/q+1;/p-1. The second kappa shape index (κ2) is 15.3. The zero-order chi connectivity index (χ0) is 20.0. The molecule has 0 aliphatic carbocycles. The summed E-state index contributed by atoms with van der Waals surface area (Å²) in [5, 5.41) is 0. The lowest BCUT2D eigenvalue weighted by Gasteiger charge is -2.13. The molecule has 0 aliphatic heterocycles. The quantitative estimate of drug-likeness (QED) is 0.338. The van der Waals surface area contributed by atoms with Gasteiger partial charge in [0.2, 0.25) is 0 Å². The predicted molar refractivity (Wildman–Crippen MR) is 119 cm³/mol. The molecule has 1 aromatic heterocycles. The predicted octanol–water partition coefficient (Wildman–Crippen LogP) is 3.61. The number of nitrogens with zero attached hydrogens (tertiary/aromatic N) is 1. The van der Waals surface area contributed by atoms with Gasteiger partial charge in [-0.25, -0.2) is 4.57 Å². The molecular weight excluding hydrogens is 378 g/mol. The Kier molecular flexibility index (Phi) is 13.5. The molecule has 162 valence electrons. The summed E-state index contributed by atoms with van der Waals surface area (Å²) in [7, 11) is 0. The number of benzene rings is 1. The molecule has 0 N–H and O–H groups in total. The molecule has 0 amide bonds. The van der Waals surface area contributed by atoms with Crippen LogP contribution in [0, 0.1) is 6.92 Å². The van der Waals surface area contributed by atoms with Gasteiger partial charge in [-0.05, 0) is 62.3 Å². The molecule has 29 heavy (non-hydrogen) atoms. The van der Waals surface area contributed by atoms with E-state index in [1.54, 1.807) is 0 Å². The fraction of sp³-hybridized carbons (Fsp3) is 0.577. The van der Waals surface area contributed by atoms with Crippen LogP contribution >= 0.6 is 0 Å². The second-order valence-corrected chi connectivity index (χ2v) is 8.03. The SMILES string of the molecule is CCCCCc1ccc(OCCCC[n+]2cccc(C)c2)c(CCCCC)c1.[Cl-]. The van der Waals surface area contributed by atoms with E-state index in [1.165, 1.54) is 61.6 Å². The molecule has 0 saturated carbocycles. The summed E-state index contributed by atoms with van der Waals surface area (Å²) >= 11 is 0. The molecule has 0 spiro atoms. The normalized spacial score (nSPS) is 10.6. The van der Waals surface area contributed by atoms with Gasteiger partial charge in [0.15, 0.2) is 12.4 Å². The molecule has 0 saturated heterocycles. The summed E-state index contributed by atoms with van der Waals surface area (Å²) in [4.78, 5) is 0. The maximum absolute atomic E-state index is 6.20. The summed E-state index contributed by atoms with van der Waals surface area (Å²) in [6.45, 7) is 8.55. The lowest BCUT2D eigenvalue weighted by Crippen LogP contribution is -3.00. The highest BCUT2D eigenvalue weighted by Gasteiger charge is 2.07. The van der Waals surface area contributed by atoms with Crippen LogP contribution in [-0.2, 0) is 19.4 Å². The van der Waals surface area contributed by atoms with Gasteiger partial charge >= 0.3 is 0 Å². The lowest BCUT2D eigenvalue weighted by molar-refractivity contribution is -0.697. The van der Waals surface area contributed by atoms with E-state index in [1.807, 2.05) is 0 Å². The second-order valence-electron chi connectivity index (χ2n) is 8.03. The lowest BCUT2D eigenvalue weighted by atomic mass is 10.00. The van der Waals surface area contributed by atoms with Crippen molar-refractivity contribution >= 4 is 0 Å². The Morgan fingerprint density at radius 3 is 2.34 bits per heavy atom. The summed E-state index contributed by atoms with van der Waals surface area (Å²) in [5.74, 6) is 1.11. The van der Waals surface area contributed by atoms with Gasteiger partial charge < -0.3 is 17.1 Å². The summed E-state index contributed by atoms with van der Waals surface area (Å²) < 4.78 is 8.48. The zero-order valence-electron chi connectivity index (χ0n) is 18.8. The van der Waals surface area contributed by atoms with Crippen LogP contribution < -0.4 is 21.7 Å². The number of hydrogen-bond acceptors (Lipinski definition) is 1. The highest BCUT2D eigenvalue weighted by atomic mass is 35.5. The molecule has 1 heterocycles. The number of aromatic nitrogens is 1. The monoisotopic (exact) mass is 417 g/mol. The van der Waals surface area contributed by atoms with Crippen LogP contribution in [0.15, 0.2) is 42.7 Å². The van der Waals surface area contributed by atoms with E-state index in [0.717, 1.165) is 38.2 Å². The first-order chi connectivity index (χ1) is 13.7. The molecule has 3 heteroatoms. The van der Waals surface area contributed by atoms with E-state index in [4.69, 9.17) is 4.74 Å². The van der Waals surface area contributed by atoms with Gasteiger partial charge in [-0.15, -0.1) is 0 Å². The fourth-order valence-electron chi connectivity index (χ4n) is 3.64. The van der Waals surface area contributed by atoms with Crippen molar-refractivity contribution in [2.24, 2.45) is 0 Å². The van der Waals surface area contributed by atoms with Crippen molar-refractivity contribution in [2.45, 2.75) is 91.5 Å². The van der Waals surface area contributed by atoms with Crippen molar-refractivity contribution in [3.05, 3.63) is 59.4 Å². The molecule has 2 rings (SSSR count). The van der Waals surface area contributed by atoms with Gasteiger partial charge in [0.1, 0.15) is 12.3 Å². The first kappa shape index (κ1) is 25.5. The molecule has 0 unspecified atom stereocenters. The molecule has 0 fully saturated rings. The average molecular weight is 418 g/mol. The van der Waals surface area contributed by atoms with Crippen molar-refractivity contribution in [3.8, 4) is 5.75 Å². The highest BCUT2D eigenvalue weighted by molar-refractivity contribution is 5.37. The Morgan fingerprint density at radius 1 is 0.862 bits per heavy atom. The van der Waals surface area contributed by atoms with Crippen LogP contribution in [0.1, 0.15) is 81.9 Å². The highest BCUT2D eigenvalue weighted by Crippen LogP contribution is 2.24. The van der Waals surface area contributed by atoms with E-state index >= 15 is 0 Å². The number of unbranched alkanes of at least 4 members (excludes halogenated alkanes) is 5. The van der Waals surface area contributed by atoms with Crippen LogP contribution in [0.2, 0.25) is 0 Å². The largest absolute Gasteiger partial charge is 1.00 e. The van der Waals surface area contributed by atoms with E-state index in [9.17, 15) is 0 Å². The van der Waals surface area contributed by atoms with E-state index in [2.05, 4.69) is 68.1 Å². The third-order valence-electron chi connectivity index (χ3n) is 5.32. The summed E-state index contributed by atoms with van der Waals surface area (Å²) in [6, 6.07) is 11.2. The Balaban J connectivity index is 0.00000420. The van der Waals surface area contributed by atoms with Gasteiger partial charge in [0, 0.05) is 18.1 Å². The third kappa shape index (κ3) is 10.2. The van der Waals surface area contributed by atoms with Crippen LogP contribution in [0.3, 0.4) is 0 Å². The minimum atomic E-state index is 0. The van der Waals surface area contributed by atoms with Crippen molar-refractivity contribution in [3.63, 3.8) is 0 Å². The molecule has 0 bridgehead atoms. The molecule has 1 aromatic carbocycles. The number of aryl methyl sites for hydroxylation is 4. The third-order valence-corrected chi connectivity index (χ3v) is 5.32.